The fourth-order valence-corrected chi connectivity index (χ4v) is 3.79. The van der Waals surface area contributed by atoms with E-state index in [1.165, 1.54) is 17.7 Å². The summed E-state index contributed by atoms with van der Waals surface area (Å²) >= 11 is 0. The van der Waals surface area contributed by atoms with Gasteiger partial charge in [-0.3, -0.25) is 0 Å². The molecule has 6 nitrogen and oxygen atoms in total. The van der Waals surface area contributed by atoms with Crippen molar-refractivity contribution >= 4 is 22.7 Å². The van der Waals surface area contributed by atoms with Crippen molar-refractivity contribution in [3.8, 4) is 0 Å². The van der Waals surface area contributed by atoms with Crippen molar-refractivity contribution in [2.45, 2.75) is 6.42 Å². The molecule has 1 saturated heterocycles. The molecule has 0 radical (unpaired) electrons. The monoisotopic (exact) mass is 376 g/mol. The van der Waals surface area contributed by atoms with Crippen molar-refractivity contribution in [2.24, 2.45) is 0 Å². The first-order valence-electron chi connectivity index (χ1n) is 9.46. The molecule has 1 aliphatic rings. The maximum Gasteiger partial charge on any atom is 0.203 e. The van der Waals surface area contributed by atoms with E-state index in [0.29, 0.717) is 0 Å². The number of H-pyrrole nitrogens is 2. The summed E-state index contributed by atoms with van der Waals surface area (Å²) in [6, 6.07) is 10.7. The maximum absolute atomic E-state index is 13.1. The molecule has 0 atom stereocenters. The lowest BCUT2D eigenvalue weighted by Crippen LogP contribution is -2.47. The summed E-state index contributed by atoms with van der Waals surface area (Å²) in [4.78, 5) is 20.1. The molecule has 1 aliphatic heterocycles. The SMILES string of the molecule is Fc1ccc(N2CCN(c3ncc(Cc4c[nH]c5ncccc45)[nH]3)CC2)cc1. The Morgan fingerprint density at radius 3 is 2.57 bits per heavy atom. The highest BCUT2D eigenvalue weighted by atomic mass is 19.1. The Balaban J connectivity index is 1.25. The molecular weight excluding hydrogens is 355 g/mol. The Morgan fingerprint density at radius 2 is 1.75 bits per heavy atom. The minimum absolute atomic E-state index is 0.198. The van der Waals surface area contributed by atoms with Gasteiger partial charge in [0.05, 0.1) is 6.20 Å². The summed E-state index contributed by atoms with van der Waals surface area (Å²) in [5.74, 6) is 0.711. The number of pyridine rings is 1. The van der Waals surface area contributed by atoms with Gasteiger partial charge in [0.25, 0.3) is 0 Å². The van der Waals surface area contributed by atoms with E-state index in [4.69, 9.17) is 0 Å². The molecule has 1 fully saturated rings. The van der Waals surface area contributed by atoms with Crippen LogP contribution in [0.15, 0.2) is 55.0 Å². The van der Waals surface area contributed by atoms with Crippen LogP contribution in [-0.4, -0.2) is 46.1 Å². The number of imidazole rings is 1. The van der Waals surface area contributed by atoms with Crippen molar-refractivity contribution in [3.63, 3.8) is 0 Å². The highest BCUT2D eigenvalue weighted by Gasteiger charge is 2.19. The molecule has 0 bridgehead atoms. The smallest absolute Gasteiger partial charge is 0.203 e. The summed E-state index contributed by atoms with van der Waals surface area (Å²) in [6.07, 6.45) is 6.51. The molecule has 4 aromatic rings. The second kappa shape index (κ2) is 6.99. The molecule has 7 heteroatoms. The second-order valence-electron chi connectivity index (χ2n) is 7.07. The zero-order chi connectivity index (χ0) is 18.9. The van der Waals surface area contributed by atoms with Crippen LogP contribution in [0.3, 0.4) is 0 Å². The number of halogens is 1. The molecular formula is C21H21FN6. The summed E-state index contributed by atoms with van der Waals surface area (Å²) in [7, 11) is 0. The van der Waals surface area contributed by atoms with Gasteiger partial charge in [-0.2, -0.15) is 0 Å². The largest absolute Gasteiger partial charge is 0.368 e. The van der Waals surface area contributed by atoms with Gasteiger partial charge < -0.3 is 19.8 Å². The Hall–Kier alpha value is -3.35. The third-order valence-corrected chi connectivity index (χ3v) is 5.30. The van der Waals surface area contributed by atoms with Gasteiger partial charge in [0.15, 0.2) is 0 Å². The molecule has 28 heavy (non-hydrogen) atoms. The Labute approximate surface area is 162 Å². The highest BCUT2D eigenvalue weighted by molar-refractivity contribution is 5.79. The highest BCUT2D eigenvalue weighted by Crippen LogP contribution is 2.22. The molecule has 0 unspecified atom stereocenters. The zero-order valence-electron chi connectivity index (χ0n) is 15.4. The van der Waals surface area contributed by atoms with Crippen molar-refractivity contribution < 1.29 is 4.39 Å². The minimum Gasteiger partial charge on any atom is -0.368 e. The number of nitrogens with one attached hydrogen (secondary N) is 2. The number of fused-ring (bicyclic) bond motifs is 1. The molecule has 3 aromatic heterocycles. The first-order valence-corrected chi connectivity index (χ1v) is 9.46. The average Bonchev–Trinajstić information content (AvgIpc) is 3.37. The normalized spacial score (nSPS) is 14.8. The van der Waals surface area contributed by atoms with Gasteiger partial charge in [-0.1, -0.05) is 0 Å². The summed E-state index contributed by atoms with van der Waals surface area (Å²) < 4.78 is 13.1. The first kappa shape index (κ1) is 16.8. The predicted molar refractivity (Wildman–Crippen MR) is 108 cm³/mol. The van der Waals surface area contributed by atoms with Gasteiger partial charge in [-0.05, 0) is 42.0 Å². The molecule has 4 heterocycles. The van der Waals surface area contributed by atoms with E-state index in [2.05, 4.69) is 35.8 Å². The van der Waals surface area contributed by atoms with Crippen molar-refractivity contribution in [1.29, 1.82) is 0 Å². The number of benzene rings is 1. The fourth-order valence-electron chi connectivity index (χ4n) is 3.79. The van der Waals surface area contributed by atoms with E-state index in [9.17, 15) is 4.39 Å². The van der Waals surface area contributed by atoms with Gasteiger partial charge in [-0.15, -0.1) is 0 Å². The molecule has 1 aromatic carbocycles. The number of aromatic amines is 2. The van der Waals surface area contributed by atoms with E-state index in [0.717, 1.165) is 61.0 Å². The second-order valence-corrected chi connectivity index (χ2v) is 7.07. The quantitative estimate of drug-likeness (QED) is 0.573. The fraction of sp³-hybridized carbons (Fsp3) is 0.238. The zero-order valence-corrected chi connectivity index (χ0v) is 15.4. The van der Waals surface area contributed by atoms with Crippen LogP contribution >= 0.6 is 0 Å². The molecule has 2 N–H and O–H groups in total. The van der Waals surface area contributed by atoms with Crippen molar-refractivity contribution in [3.05, 3.63) is 72.1 Å². The lowest BCUT2D eigenvalue weighted by atomic mass is 10.1. The number of piperazine rings is 1. The van der Waals surface area contributed by atoms with Crippen LogP contribution in [0.5, 0.6) is 0 Å². The number of hydrogen-bond donors (Lipinski definition) is 2. The lowest BCUT2D eigenvalue weighted by molar-refractivity contribution is 0.623. The van der Waals surface area contributed by atoms with Crippen LogP contribution in [0.25, 0.3) is 11.0 Å². The van der Waals surface area contributed by atoms with Crippen LogP contribution in [0.4, 0.5) is 16.0 Å². The standard InChI is InChI=1S/C21H21FN6/c22-16-3-5-18(6-4-16)27-8-10-28(11-9-27)21-25-14-17(26-21)12-15-13-24-20-19(15)2-1-7-23-20/h1-7,13-14H,8-12H2,(H,23,24)(H,25,26). The number of hydrogen-bond acceptors (Lipinski definition) is 4. The molecule has 0 aliphatic carbocycles. The Morgan fingerprint density at radius 1 is 0.964 bits per heavy atom. The van der Waals surface area contributed by atoms with E-state index < -0.39 is 0 Å². The van der Waals surface area contributed by atoms with Crippen LogP contribution in [0.2, 0.25) is 0 Å². The summed E-state index contributed by atoms with van der Waals surface area (Å²) in [6.45, 7) is 3.52. The van der Waals surface area contributed by atoms with Crippen LogP contribution in [0.1, 0.15) is 11.3 Å². The van der Waals surface area contributed by atoms with E-state index in [1.54, 1.807) is 6.20 Å². The molecule has 0 saturated carbocycles. The van der Waals surface area contributed by atoms with Gasteiger partial charge in [0, 0.05) is 61.8 Å². The van der Waals surface area contributed by atoms with Crippen LogP contribution in [-0.2, 0) is 6.42 Å². The van der Waals surface area contributed by atoms with Crippen molar-refractivity contribution in [2.75, 3.05) is 36.0 Å². The van der Waals surface area contributed by atoms with E-state index in [-0.39, 0.29) is 5.82 Å². The molecule has 142 valence electrons. The first-order chi connectivity index (χ1) is 13.8. The Kier molecular flexibility index (Phi) is 4.20. The average molecular weight is 376 g/mol. The lowest BCUT2D eigenvalue weighted by Gasteiger charge is -2.36. The number of anilines is 2. The predicted octanol–water partition coefficient (Wildman–Crippen LogP) is 3.34. The molecule has 0 amide bonds. The third-order valence-electron chi connectivity index (χ3n) is 5.30. The number of aromatic nitrogens is 4. The van der Waals surface area contributed by atoms with Crippen LogP contribution < -0.4 is 9.80 Å². The summed E-state index contributed by atoms with van der Waals surface area (Å²) in [5.41, 5.74) is 4.27. The van der Waals surface area contributed by atoms with Gasteiger partial charge >= 0.3 is 0 Å². The van der Waals surface area contributed by atoms with Gasteiger partial charge in [0.2, 0.25) is 5.95 Å². The maximum atomic E-state index is 13.1. The third kappa shape index (κ3) is 3.19. The van der Waals surface area contributed by atoms with E-state index in [1.807, 2.05) is 30.6 Å². The molecule has 5 rings (SSSR count). The van der Waals surface area contributed by atoms with E-state index >= 15 is 0 Å². The summed E-state index contributed by atoms with van der Waals surface area (Å²) in [5, 5.41) is 1.14. The number of rotatable bonds is 4. The molecule has 0 spiro atoms. The minimum atomic E-state index is -0.198. The van der Waals surface area contributed by atoms with Gasteiger partial charge in [-0.25, -0.2) is 14.4 Å². The topological polar surface area (TPSA) is 63.8 Å². The van der Waals surface area contributed by atoms with Crippen molar-refractivity contribution in [1.82, 2.24) is 19.9 Å². The Bertz CT molecular complexity index is 1080. The number of nitrogens with zero attached hydrogens (tertiary/aromatic N) is 4. The van der Waals surface area contributed by atoms with Gasteiger partial charge in [0.1, 0.15) is 11.5 Å². The van der Waals surface area contributed by atoms with Crippen LogP contribution in [0, 0.1) is 5.82 Å².